The van der Waals surface area contributed by atoms with E-state index >= 15 is 0 Å². The zero-order valence-electron chi connectivity index (χ0n) is 14.1. The Labute approximate surface area is 142 Å². The van der Waals surface area contributed by atoms with Gasteiger partial charge in [-0.1, -0.05) is 27.7 Å². The summed E-state index contributed by atoms with van der Waals surface area (Å²) < 4.78 is 0. The fourth-order valence-corrected chi connectivity index (χ4v) is 0.213. The molecule has 0 bridgehead atoms. The molecular formula is C16H34O3Ti. The minimum atomic E-state index is -1.06. The van der Waals surface area contributed by atoms with E-state index < -0.39 is 5.97 Å². The SMILES string of the molecule is CC(=O)CC(=O)O.[CH2-]CC.[CH2-]CC.[CH2-]CC.[CH2-]CC.[Ti+4]. The van der Waals surface area contributed by atoms with Gasteiger partial charge in [0.2, 0.25) is 0 Å². The maximum absolute atomic E-state index is 9.87. The molecule has 120 valence electrons. The van der Waals surface area contributed by atoms with E-state index in [1.807, 2.05) is 27.7 Å². The van der Waals surface area contributed by atoms with Gasteiger partial charge in [-0.15, -0.1) is 0 Å². The molecule has 0 amide bonds. The Morgan fingerprint density at radius 2 is 0.950 bits per heavy atom. The first-order valence-corrected chi connectivity index (χ1v) is 6.67. The second kappa shape index (κ2) is 51.0. The van der Waals surface area contributed by atoms with E-state index in [4.69, 9.17) is 5.11 Å². The molecule has 0 aromatic heterocycles. The van der Waals surface area contributed by atoms with Crippen molar-refractivity contribution in [2.24, 2.45) is 0 Å². The molecule has 0 rings (SSSR count). The van der Waals surface area contributed by atoms with Crippen LogP contribution >= 0.6 is 0 Å². The van der Waals surface area contributed by atoms with Crippen LogP contribution in [-0.4, -0.2) is 16.9 Å². The van der Waals surface area contributed by atoms with Crippen LogP contribution in [0.5, 0.6) is 0 Å². The number of ketones is 1. The van der Waals surface area contributed by atoms with Crippen LogP contribution in [0.4, 0.5) is 0 Å². The van der Waals surface area contributed by atoms with Crippen molar-refractivity contribution in [2.75, 3.05) is 0 Å². The van der Waals surface area contributed by atoms with Crippen molar-refractivity contribution in [3.63, 3.8) is 0 Å². The Morgan fingerprint density at radius 1 is 0.800 bits per heavy atom. The summed E-state index contributed by atoms with van der Waals surface area (Å²) in [6, 6.07) is 0. The van der Waals surface area contributed by atoms with Gasteiger partial charge < -0.3 is 32.8 Å². The Hall–Kier alpha value is -0.146. The van der Waals surface area contributed by atoms with Gasteiger partial charge in [0, 0.05) is 0 Å². The number of rotatable bonds is 2. The molecule has 0 fully saturated rings. The normalized spacial score (nSPS) is 6.45. The molecule has 0 aromatic rings. The summed E-state index contributed by atoms with van der Waals surface area (Å²) >= 11 is 0. The van der Waals surface area contributed by atoms with Gasteiger partial charge in [-0.05, 0) is 6.92 Å². The summed E-state index contributed by atoms with van der Waals surface area (Å²) in [7, 11) is 0. The van der Waals surface area contributed by atoms with E-state index in [2.05, 4.69) is 27.7 Å². The Kier molecular flexibility index (Phi) is 93.8. The molecule has 0 heterocycles. The van der Waals surface area contributed by atoms with E-state index in [0.29, 0.717) is 0 Å². The van der Waals surface area contributed by atoms with Crippen LogP contribution in [0.3, 0.4) is 0 Å². The Morgan fingerprint density at radius 3 is 0.950 bits per heavy atom. The van der Waals surface area contributed by atoms with Crippen LogP contribution in [0.1, 0.15) is 66.7 Å². The number of carbonyl (C=O) groups is 2. The maximum Gasteiger partial charge on any atom is 4.00 e. The average Bonchev–Trinajstić information content (AvgIpc) is 2.19. The van der Waals surface area contributed by atoms with E-state index in [0.717, 1.165) is 25.7 Å². The predicted octanol–water partition coefficient (Wildman–Crippen LogP) is 4.97. The van der Waals surface area contributed by atoms with E-state index in [-0.39, 0.29) is 33.9 Å². The zero-order valence-corrected chi connectivity index (χ0v) is 15.7. The second-order valence-electron chi connectivity index (χ2n) is 3.27. The van der Waals surface area contributed by atoms with Gasteiger partial charge in [0.25, 0.3) is 0 Å². The molecule has 0 aliphatic heterocycles. The van der Waals surface area contributed by atoms with E-state index in [9.17, 15) is 9.59 Å². The van der Waals surface area contributed by atoms with Crippen molar-refractivity contribution >= 4 is 11.8 Å². The first-order valence-electron chi connectivity index (χ1n) is 6.67. The Bertz CT molecular complexity index is 129. The van der Waals surface area contributed by atoms with Crippen molar-refractivity contribution in [1.82, 2.24) is 0 Å². The molecule has 0 unspecified atom stereocenters. The van der Waals surface area contributed by atoms with Crippen molar-refractivity contribution < 1.29 is 36.4 Å². The largest absolute Gasteiger partial charge is 4.00 e. The van der Waals surface area contributed by atoms with Gasteiger partial charge in [0.1, 0.15) is 12.2 Å². The monoisotopic (exact) mass is 322 g/mol. The van der Waals surface area contributed by atoms with Gasteiger partial charge in [0.15, 0.2) is 0 Å². The first-order chi connectivity index (χ1) is 8.78. The second-order valence-corrected chi connectivity index (χ2v) is 3.27. The van der Waals surface area contributed by atoms with Gasteiger partial charge >= 0.3 is 27.7 Å². The van der Waals surface area contributed by atoms with Crippen LogP contribution in [0.25, 0.3) is 0 Å². The van der Waals surface area contributed by atoms with Crippen molar-refractivity contribution in [3.05, 3.63) is 27.7 Å². The third-order valence-electron chi connectivity index (χ3n) is 0.400. The van der Waals surface area contributed by atoms with Gasteiger partial charge in [-0.3, -0.25) is 9.59 Å². The van der Waals surface area contributed by atoms with Crippen LogP contribution in [0.2, 0.25) is 0 Å². The summed E-state index contributed by atoms with van der Waals surface area (Å²) in [6.07, 6.45) is 3.64. The van der Waals surface area contributed by atoms with E-state index in [1.165, 1.54) is 6.92 Å². The van der Waals surface area contributed by atoms with Gasteiger partial charge in [-0.25, -0.2) is 0 Å². The molecule has 0 saturated heterocycles. The third kappa shape index (κ3) is 341. The quantitative estimate of drug-likeness (QED) is 0.444. The molecule has 0 radical (unpaired) electrons. The first kappa shape index (κ1) is 36.8. The summed E-state index contributed by atoms with van der Waals surface area (Å²) in [5, 5.41) is 7.86. The van der Waals surface area contributed by atoms with Crippen LogP contribution < -0.4 is 0 Å². The van der Waals surface area contributed by atoms with Crippen LogP contribution in [-0.2, 0) is 31.3 Å². The molecule has 4 heteroatoms. The topological polar surface area (TPSA) is 54.4 Å². The average molecular weight is 322 g/mol. The number of carboxylic acid groups (broad SMARTS) is 1. The molecule has 3 nitrogen and oxygen atoms in total. The number of Topliss-reactive ketones (excluding diaryl/α,β-unsaturated/α-hetero) is 1. The molecule has 0 saturated carbocycles. The smallest absolute Gasteiger partial charge is 0.481 e. The molecule has 0 aliphatic rings. The van der Waals surface area contributed by atoms with E-state index in [1.54, 1.807) is 0 Å². The Balaban J connectivity index is -0.0000000326. The minimum Gasteiger partial charge on any atom is -0.481 e. The summed E-state index contributed by atoms with van der Waals surface area (Å²) in [5.41, 5.74) is 0. The van der Waals surface area contributed by atoms with Crippen molar-refractivity contribution in [3.8, 4) is 0 Å². The summed E-state index contributed by atoms with van der Waals surface area (Å²) in [5.74, 6) is -1.37. The fraction of sp³-hybridized carbons (Fsp3) is 0.625. The summed E-state index contributed by atoms with van der Waals surface area (Å²) in [6.45, 7) is 23.2. The minimum absolute atomic E-state index is 0. The molecule has 1 N–H and O–H groups in total. The third-order valence-corrected chi connectivity index (χ3v) is 0.400. The predicted molar refractivity (Wildman–Crippen MR) is 85.5 cm³/mol. The van der Waals surface area contributed by atoms with Gasteiger partial charge in [0.05, 0.1) is 0 Å². The van der Waals surface area contributed by atoms with Crippen LogP contribution in [0, 0.1) is 27.7 Å². The number of aliphatic carboxylic acids is 1. The maximum atomic E-state index is 9.87. The standard InChI is InChI=1S/C4H6O3.4C3H7.Ti/c1-3(5)2-4(6)7;4*1-3-2;/h2H2,1H3,(H,6,7);4*1,3H2,2H3;/q;4*-1;+4. The number of carbonyl (C=O) groups excluding carboxylic acids is 1. The van der Waals surface area contributed by atoms with Crippen molar-refractivity contribution in [1.29, 1.82) is 0 Å². The molecule has 0 atom stereocenters. The molecule has 0 aliphatic carbocycles. The zero-order chi connectivity index (χ0) is 16.7. The molecule has 0 aromatic carbocycles. The van der Waals surface area contributed by atoms with Crippen molar-refractivity contribution in [2.45, 2.75) is 66.7 Å². The summed E-state index contributed by atoms with van der Waals surface area (Å²) in [4.78, 5) is 19.5. The molecule has 20 heavy (non-hydrogen) atoms. The van der Waals surface area contributed by atoms with Crippen LogP contribution in [0.15, 0.2) is 0 Å². The fourth-order valence-electron chi connectivity index (χ4n) is 0.213. The number of carboxylic acids is 1. The molecule has 0 spiro atoms. The van der Waals surface area contributed by atoms with Gasteiger partial charge in [-0.2, -0.15) is 25.7 Å². The number of hydrogen-bond acceptors (Lipinski definition) is 2. The molecular weight excluding hydrogens is 288 g/mol. The number of hydrogen-bond donors (Lipinski definition) is 1.